The number of carbonyl (C=O) groups excluding carboxylic acids is 1. The lowest BCUT2D eigenvalue weighted by Gasteiger charge is -2.34. The molecular weight excluding hydrogens is 644 g/mol. The third kappa shape index (κ3) is 9.45. The van der Waals surface area contributed by atoms with E-state index in [4.69, 9.17) is 9.72 Å². The first kappa shape index (κ1) is 37.1. The average molecular weight is 693 g/mol. The summed E-state index contributed by atoms with van der Waals surface area (Å²) in [5.41, 5.74) is -0.241. The molecule has 2 saturated carbocycles. The number of hydrogen-bond acceptors (Lipinski definition) is 5. The van der Waals surface area contributed by atoms with E-state index in [9.17, 15) is 31.3 Å². The van der Waals surface area contributed by atoms with Gasteiger partial charge in [0.15, 0.2) is 0 Å². The Kier molecular flexibility index (Phi) is 10.7. The lowest BCUT2D eigenvalue weighted by Crippen LogP contribution is -2.45. The van der Waals surface area contributed by atoms with Gasteiger partial charge in [-0.1, -0.05) is 39.6 Å². The van der Waals surface area contributed by atoms with Crippen LogP contribution in [-0.4, -0.2) is 51.5 Å². The summed E-state index contributed by atoms with van der Waals surface area (Å²) in [6.07, 6.45) is -3.70. The maximum absolute atomic E-state index is 14.2. The molecule has 14 heteroatoms. The molecular formula is C32H49F5N4O3SSi. The Bertz CT molecular complexity index is 1380. The number of nitrogens with zero attached hydrogens (tertiary/aromatic N) is 2. The summed E-state index contributed by atoms with van der Waals surface area (Å²) in [6, 6.07) is 4.89. The highest BCUT2D eigenvalue weighted by Crippen LogP contribution is 2.51. The number of aromatic nitrogens is 2. The van der Waals surface area contributed by atoms with E-state index in [1.54, 1.807) is 31.4 Å². The lowest BCUT2D eigenvalue weighted by molar-refractivity contribution is -0.215. The molecule has 0 saturated heterocycles. The number of hydrogen-bond donors (Lipinski definition) is 2. The normalized spacial score (nSPS) is 20.9. The van der Waals surface area contributed by atoms with Crippen LogP contribution in [0.25, 0.3) is 11.0 Å². The highest BCUT2D eigenvalue weighted by Gasteiger charge is 2.57. The van der Waals surface area contributed by atoms with Crippen molar-refractivity contribution in [3.05, 3.63) is 29.6 Å². The van der Waals surface area contributed by atoms with Gasteiger partial charge in [-0.25, -0.2) is 13.8 Å². The van der Waals surface area contributed by atoms with E-state index in [0.717, 1.165) is 38.3 Å². The highest BCUT2D eigenvalue weighted by atomic mass is 32.2. The van der Waals surface area contributed by atoms with Gasteiger partial charge in [0.25, 0.3) is 5.92 Å². The standard InChI is InChI=1S/C32H49F5N4O3SSi/c1-29(2,3)45(43)40-24(18-30(4,5)32(35,36)37)28-38-23-12-11-21(15-25(23)41(28)19-44-13-14-46(6,7)8)27(20-9-10-20)39-26(42)16-22-17-31(22,33)34/h11-12,15,20,22,24,27,40H,9-10,13-14,16-19H2,1-8H3,(H,39,42)/t22?,24-,27+,45?/m0/s1. The number of benzene rings is 1. The van der Waals surface area contributed by atoms with Gasteiger partial charge in [0.05, 0.1) is 22.5 Å². The maximum Gasteiger partial charge on any atom is 0.394 e. The van der Waals surface area contributed by atoms with E-state index < -0.39 is 72.0 Å². The Hall–Kier alpha value is -1.74. The molecule has 1 aromatic heterocycles. The van der Waals surface area contributed by atoms with Crippen molar-refractivity contribution in [1.82, 2.24) is 19.6 Å². The second-order valence-electron chi connectivity index (χ2n) is 15.9. The quantitative estimate of drug-likeness (QED) is 0.0854. The van der Waals surface area contributed by atoms with Crippen molar-refractivity contribution in [3.63, 3.8) is 0 Å². The molecule has 0 bridgehead atoms. The molecule has 0 aliphatic heterocycles. The summed E-state index contributed by atoms with van der Waals surface area (Å²) in [7, 11) is -1.44. The predicted octanol–water partition coefficient (Wildman–Crippen LogP) is 8.03. The van der Waals surface area contributed by atoms with E-state index in [2.05, 4.69) is 29.7 Å². The third-order valence-electron chi connectivity index (χ3n) is 8.77. The Labute approximate surface area is 273 Å². The van der Waals surface area contributed by atoms with Crippen molar-refractivity contribution in [2.45, 2.75) is 128 Å². The van der Waals surface area contributed by atoms with E-state index in [0.29, 0.717) is 17.6 Å². The zero-order valence-corrected chi connectivity index (χ0v) is 29.9. The topological polar surface area (TPSA) is 91.2 Å². The van der Waals surface area contributed by atoms with Gasteiger partial charge in [-0.05, 0) is 69.7 Å². The monoisotopic (exact) mass is 692 g/mol. The summed E-state index contributed by atoms with van der Waals surface area (Å²) in [5.74, 6) is -3.72. The molecule has 2 aliphatic carbocycles. The number of alkyl halides is 5. The Morgan fingerprint density at radius 2 is 1.80 bits per heavy atom. The second-order valence-corrected chi connectivity index (χ2v) is 23.5. The van der Waals surface area contributed by atoms with Gasteiger partial charge in [0.2, 0.25) is 5.91 Å². The number of nitrogens with one attached hydrogen (secondary N) is 2. The SMILES string of the molecule is CC(C)(C)[S+]([O-])N[C@@H](CC(C)(C)C(F)(F)F)c1nc2ccc([C@H](NC(=O)CC3CC3(F)F)C3CC3)cc2n1COCC[Si](C)(C)C. The molecule has 0 spiro atoms. The first-order valence-corrected chi connectivity index (χ1v) is 20.8. The summed E-state index contributed by atoms with van der Waals surface area (Å²) >= 11 is -1.71. The molecule has 2 aromatic rings. The highest BCUT2D eigenvalue weighted by molar-refractivity contribution is 7.90. The maximum atomic E-state index is 14.2. The van der Waals surface area contributed by atoms with Crippen LogP contribution in [0.3, 0.4) is 0 Å². The smallest absolute Gasteiger partial charge is 0.394 e. The van der Waals surface area contributed by atoms with E-state index >= 15 is 0 Å². The minimum atomic E-state index is -4.52. The molecule has 2 N–H and O–H groups in total. The molecule has 1 amide bonds. The van der Waals surface area contributed by atoms with Crippen LogP contribution in [0.2, 0.25) is 25.7 Å². The van der Waals surface area contributed by atoms with Crippen LogP contribution in [0.4, 0.5) is 22.0 Å². The Morgan fingerprint density at radius 1 is 1.17 bits per heavy atom. The average Bonchev–Trinajstić information content (AvgIpc) is 3.80. The molecule has 7 nitrogen and oxygen atoms in total. The zero-order valence-electron chi connectivity index (χ0n) is 28.1. The molecule has 1 aromatic carbocycles. The van der Waals surface area contributed by atoms with Gasteiger partial charge in [-0.2, -0.15) is 13.2 Å². The summed E-state index contributed by atoms with van der Waals surface area (Å²) in [4.78, 5) is 17.6. The zero-order chi connectivity index (χ0) is 34.5. The van der Waals surface area contributed by atoms with Gasteiger partial charge in [0, 0.05) is 44.8 Å². The van der Waals surface area contributed by atoms with Crippen LogP contribution in [0, 0.1) is 17.3 Å². The van der Waals surface area contributed by atoms with Crippen LogP contribution in [0.15, 0.2) is 18.2 Å². The fraction of sp³-hybridized carbons (Fsp3) is 0.750. The van der Waals surface area contributed by atoms with Gasteiger partial charge < -0.3 is 19.2 Å². The summed E-state index contributed by atoms with van der Waals surface area (Å²) < 4.78 is 92.9. The van der Waals surface area contributed by atoms with Crippen LogP contribution in [-0.2, 0) is 27.6 Å². The van der Waals surface area contributed by atoms with Gasteiger partial charge in [0.1, 0.15) is 23.3 Å². The minimum Gasteiger partial charge on any atom is -0.598 e. The van der Waals surface area contributed by atoms with E-state index in [1.807, 2.05) is 12.1 Å². The molecule has 2 unspecified atom stereocenters. The number of amides is 1. The van der Waals surface area contributed by atoms with E-state index in [-0.39, 0.29) is 31.3 Å². The Balaban J connectivity index is 1.73. The number of imidazole rings is 1. The van der Waals surface area contributed by atoms with E-state index in [1.165, 1.54) is 0 Å². The largest absolute Gasteiger partial charge is 0.598 e. The van der Waals surface area contributed by atoms with Gasteiger partial charge >= 0.3 is 6.18 Å². The van der Waals surface area contributed by atoms with Crippen LogP contribution in [0.5, 0.6) is 0 Å². The lowest BCUT2D eigenvalue weighted by atomic mass is 9.85. The fourth-order valence-electron chi connectivity index (χ4n) is 5.26. The van der Waals surface area contributed by atoms with Crippen molar-refractivity contribution in [2.75, 3.05) is 6.61 Å². The minimum absolute atomic E-state index is 0.0176. The molecule has 1 heterocycles. The van der Waals surface area contributed by atoms with Crippen molar-refractivity contribution >= 4 is 36.4 Å². The van der Waals surface area contributed by atoms with Crippen molar-refractivity contribution in [2.24, 2.45) is 17.3 Å². The van der Waals surface area contributed by atoms with Gasteiger partial charge in [-0.3, -0.25) is 4.79 Å². The van der Waals surface area contributed by atoms with Crippen molar-refractivity contribution in [1.29, 1.82) is 0 Å². The first-order chi connectivity index (χ1) is 21.0. The van der Waals surface area contributed by atoms with Crippen LogP contribution < -0.4 is 10.0 Å². The number of carbonyl (C=O) groups is 1. The molecule has 2 fully saturated rings. The predicted molar refractivity (Wildman–Crippen MR) is 173 cm³/mol. The molecule has 260 valence electrons. The number of ether oxygens (including phenoxy) is 1. The van der Waals surface area contributed by atoms with Crippen molar-refractivity contribution < 1.29 is 36.0 Å². The number of fused-ring (bicyclic) bond motifs is 1. The Morgan fingerprint density at radius 3 is 2.33 bits per heavy atom. The molecule has 4 rings (SSSR count). The second kappa shape index (κ2) is 13.3. The third-order valence-corrected chi connectivity index (χ3v) is 12.1. The summed E-state index contributed by atoms with van der Waals surface area (Å²) in [6.45, 7) is 14.6. The van der Waals surface area contributed by atoms with Gasteiger partial charge in [-0.15, -0.1) is 4.72 Å². The number of rotatable bonds is 15. The molecule has 4 atom stereocenters. The molecule has 46 heavy (non-hydrogen) atoms. The van der Waals surface area contributed by atoms with Crippen LogP contribution >= 0.6 is 0 Å². The number of halogens is 5. The van der Waals surface area contributed by atoms with Crippen LogP contribution in [0.1, 0.15) is 90.2 Å². The first-order valence-electron chi connectivity index (χ1n) is 16.0. The molecule has 0 radical (unpaired) electrons. The molecule has 2 aliphatic rings. The van der Waals surface area contributed by atoms with Crippen molar-refractivity contribution in [3.8, 4) is 0 Å². The fourth-order valence-corrected chi connectivity index (χ4v) is 6.81. The summed E-state index contributed by atoms with van der Waals surface area (Å²) in [5, 5.41) is 2.97.